The molecule has 0 radical (unpaired) electrons. The number of thioether (sulfide) groups is 1. The minimum Gasteiger partial charge on any atom is -0.379 e. The maximum Gasteiger partial charge on any atom is 0.350 e. The van der Waals surface area contributed by atoms with Crippen LogP contribution >= 0.6 is 23.4 Å². The molecule has 1 unspecified atom stereocenters. The number of anilines is 1. The zero-order chi connectivity index (χ0) is 24.7. The number of methoxy groups -OCH3 is 1. The molecular weight excluding hydrogens is 491 g/mol. The monoisotopic (exact) mass is 514 g/mol. The second-order valence-corrected chi connectivity index (χ2v) is 9.92. The molecule has 1 amide bonds. The van der Waals surface area contributed by atoms with Crippen molar-refractivity contribution in [2.75, 3.05) is 43.9 Å². The first-order valence-corrected chi connectivity index (χ1v) is 12.6. The van der Waals surface area contributed by atoms with Gasteiger partial charge in [0.05, 0.1) is 23.2 Å². The van der Waals surface area contributed by atoms with Gasteiger partial charge in [-0.05, 0) is 29.8 Å². The summed E-state index contributed by atoms with van der Waals surface area (Å²) in [4.78, 5) is 34.4. The lowest BCUT2D eigenvalue weighted by Crippen LogP contribution is -2.49. The second kappa shape index (κ2) is 9.64. The fraction of sp³-hybridized carbons (Fsp3) is 0.320. The summed E-state index contributed by atoms with van der Waals surface area (Å²) < 4.78 is 20.9. The number of nitrogens with zero attached hydrogens (tertiary/aromatic N) is 4. The summed E-state index contributed by atoms with van der Waals surface area (Å²) >= 11 is 8.43. The highest BCUT2D eigenvalue weighted by molar-refractivity contribution is 7.99. The summed E-state index contributed by atoms with van der Waals surface area (Å²) in [6.45, 7) is 6.01. The summed E-state index contributed by atoms with van der Waals surface area (Å²) in [5.41, 5.74) is 1.91. The molecule has 3 heterocycles. The van der Waals surface area contributed by atoms with E-state index in [0.717, 1.165) is 26.9 Å². The molecule has 0 spiro atoms. The van der Waals surface area contributed by atoms with Crippen LogP contribution in [0.3, 0.4) is 0 Å². The van der Waals surface area contributed by atoms with E-state index < -0.39 is 0 Å². The Balaban J connectivity index is 1.70. The Hall–Kier alpha value is -2.88. The number of amides is 1. The maximum absolute atomic E-state index is 13.6. The van der Waals surface area contributed by atoms with E-state index in [2.05, 4.69) is 11.6 Å². The Morgan fingerprint density at radius 1 is 1.26 bits per heavy atom. The molecule has 2 aliphatic rings. The van der Waals surface area contributed by atoms with Crippen molar-refractivity contribution in [1.82, 2.24) is 14.5 Å². The first-order valence-electron chi connectivity index (χ1n) is 11.3. The number of halogens is 2. The molecule has 0 saturated carbocycles. The first-order chi connectivity index (χ1) is 16.9. The molecule has 35 heavy (non-hydrogen) atoms. The van der Waals surface area contributed by atoms with Crippen molar-refractivity contribution in [3.8, 4) is 11.1 Å². The second-order valence-electron chi connectivity index (χ2n) is 8.48. The van der Waals surface area contributed by atoms with Crippen LogP contribution in [0.25, 0.3) is 22.0 Å². The molecule has 0 N–H and O–H groups in total. The molecule has 2 aromatic carbocycles. The number of carbonyl (C=O) groups is 1. The average Bonchev–Trinajstić information content (AvgIpc) is 3.07. The van der Waals surface area contributed by atoms with Crippen LogP contribution in [0.15, 0.2) is 52.7 Å². The van der Waals surface area contributed by atoms with Crippen molar-refractivity contribution in [2.24, 2.45) is 0 Å². The summed E-state index contributed by atoms with van der Waals surface area (Å²) in [6.07, 6.45) is 1.13. The molecule has 7 nitrogen and oxygen atoms in total. The molecule has 2 aliphatic heterocycles. The van der Waals surface area contributed by atoms with E-state index in [-0.39, 0.29) is 23.5 Å². The molecule has 1 fully saturated rings. The van der Waals surface area contributed by atoms with Gasteiger partial charge >= 0.3 is 5.69 Å². The van der Waals surface area contributed by atoms with Crippen molar-refractivity contribution >= 4 is 46.0 Å². The number of benzene rings is 2. The predicted molar refractivity (Wildman–Crippen MR) is 137 cm³/mol. The van der Waals surface area contributed by atoms with Crippen molar-refractivity contribution < 1.29 is 13.9 Å². The lowest BCUT2D eigenvalue weighted by atomic mass is 10.0. The van der Waals surface area contributed by atoms with Gasteiger partial charge in [0.15, 0.2) is 0 Å². The van der Waals surface area contributed by atoms with Gasteiger partial charge in [-0.3, -0.25) is 9.36 Å². The minimum atomic E-state index is -0.365. The quantitative estimate of drug-likeness (QED) is 0.493. The first kappa shape index (κ1) is 23.8. The molecular formula is C25H24ClFN4O3S. The van der Waals surface area contributed by atoms with Crippen LogP contribution in [0.5, 0.6) is 0 Å². The highest BCUT2D eigenvalue weighted by Crippen LogP contribution is 2.45. The molecule has 10 heteroatoms. The molecule has 1 saturated heterocycles. The predicted octanol–water partition coefficient (Wildman–Crippen LogP) is 3.81. The number of piperazine rings is 1. The number of carbonyl (C=O) groups excluding carboxylic acids is 1. The lowest BCUT2D eigenvalue weighted by molar-refractivity contribution is -0.126. The molecule has 0 aliphatic carbocycles. The van der Waals surface area contributed by atoms with E-state index in [1.54, 1.807) is 40.5 Å². The van der Waals surface area contributed by atoms with Crippen LogP contribution < -0.4 is 10.6 Å². The van der Waals surface area contributed by atoms with Crippen LogP contribution in [0.2, 0.25) is 5.02 Å². The maximum atomic E-state index is 13.6. The molecule has 182 valence electrons. The van der Waals surface area contributed by atoms with Gasteiger partial charge in [-0.25, -0.2) is 9.18 Å². The van der Waals surface area contributed by atoms with Gasteiger partial charge in [0.25, 0.3) is 0 Å². The van der Waals surface area contributed by atoms with Crippen molar-refractivity contribution in [1.29, 1.82) is 0 Å². The van der Waals surface area contributed by atoms with Crippen molar-refractivity contribution in [3.63, 3.8) is 0 Å². The topological polar surface area (TPSA) is 67.7 Å². The molecule has 1 atom stereocenters. The summed E-state index contributed by atoms with van der Waals surface area (Å²) in [6, 6.07) is 8.03. The largest absolute Gasteiger partial charge is 0.379 e. The van der Waals surface area contributed by atoms with E-state index in [9.17, 15) is 14.0 Å². The molecule has 5 rings (SSSR count). The summed E-state index contributed by atoms with van der Waals surface area (Å²) in [7, 11) is 1.63. The Kier molecular flexibility index (Phi) is 6.57. The highest BCUT2D eigenvalue weighted by Gasteiger charge is 2.29. The van der Waals surface area contributed by atoms with E-state index in [1.165, 1.54) is 18.2 Å². The minimum absolute atomic E-state index is 0.111. The van der Waals surface area contributed by atoms with Crippen LogP contribution in [0, 0.1) is 5.82 Å². The summed E-state index contributed by atoms with van der Waals surface area (Å²) in [5.74, 6) is 0.734. The molecule has 3 aromatic rings. The van der Waals surface area contributed by atoms with Crippen LogP contribution in [0.1, 0.15) is 0 Å². The molecule has 0 bridgehead atoms. The third-order valence-corrected chi connectivity index (χ3v) is 8.00. The Bertz CT molecular complexity index is 1370. The fourth-order valence-corrected chi connectivity index (χ4v) is 6.33. The van der Waals surface area contributed by atoms with E-state index in [1.807, 2.05) is 11.0 Å². The smallest absolute Gasteiger partial charge is 0.350 e. The number of hydrogen-bond acceptors (Lipinski definition) is 6. The van der Waals surface area contributed by atoms with Gasteiger partial charge in [0, 0.05) is 54.9 Å². The lowest BCUT2D eigenvalue weighted by Gasteiger charge is -2.35. The number of hydrogen-bond donors (Lipinski definition) is 0. The van der Waals surface area contributed by atoms with Crippen LogP contribution in [-0.4, -0.2) is 65.5 Å². The van der Waals surface area contributed by atoms with Gasteiger partial charge in [-0.1, -0.05) is 30.3 Å². The Morgan fingerprint density at radius 3 is 2.63 bits per heavy atom. The van der Waals surface area contributed by atoms with Gasteiger partial charge in [-0.15, -0.1) is 11.8 Å². The summed E-state index contributed by atoms with van der Waals surface area (Å²) in [5, 5.41) is 1.26. The number of aromatic nitrogens is 2. The number of ether oxygens (including phenoxy) is 1. The Labute approximate surface area is 211 Å². The van der Waals surface area contributed by atoms with Gasteiger partial charge < -0.3 is 14.5 Å². The van der Waals surface area contributed by atoms with E-state index in [0.29, 0.717) is 49.3 Å². The van der Waals surface area contributed by atoms with Gasteiger partial charge in [0.1, 0.15) is 11.6 Å². The van der Waals surface area contributed by atoms with Gasteiger partial charge in [-0.2, -0.15) is 4.98 Å². The van der Waals surface area contributed by atoms with Crippen LogP contribution in [0.4, 0.5) is 10.2 Å². The fourth-order valence-electron chi connectivity index (χ4n) is 4.64. The third kappa shape index (κ3) is 4.32. The zero-order valence-electron chi connectivity index (χ0n) is 19.2. The average molecular weight is 515 g/mol. The van der Waals surface area contributed by atoms with Crippen molar-refractivity contribution in [2.45, 2.75) is 17.5 Å². The van der Waals surface area contributed by atoms with Crippen molar-refractivity contribution in [3.05, 3.63) is 64.3 Å². The SMILES string of the molecule is C=CC(=O)N1CCN(c2nc(=O)n3c4c(c(-c5ccc(F)cc5)c(Cl)cc24)SCC(OC)C3)CC1. The van der Waals surface area contributed by atoms with E-state index in [4.69, 9.17) is 16.3 Å². The van der Waals surface area contributed by atoms with Gasteiger partial charge in [0.2, 0.25) is 5.91 Å². The Morgan fingerprint density at radius 2 is 1.97 bits per heavy atom. The standard InChI is InChI=1S/C25H24ClFN4O3S/c1-3-20(32)29-8-10-30(11-9-29)24-18-12-19(26)21(15-4-6-16(27)7-5-15)23-22(18)31(25(33)28-24)13-17(34-2)14-35-23/h3-7,12,17H,1,8-11,13-14H2,2H3. The van der Waals surface area contributed by atoms with E-state index >= 15 is 0 Å². The number of rotatable bonds is 4. The highest BCUT2D eigenvalue weighted by atomic mass is 35.5. The molecule has 1 aromatic heterocycles. The van der Waals surface area contributed by atoms with Crippen LogP contribution in [-0.2, 0) is 16.1 Å². The normalized spacial score (nSPS) is 18.0. The third-order valence-electron chi connectivity index (χ3n) is 6.48. The zero-order valence-corrected chi connectivity index (χ0v) is 20.7.